The Bertz CT molecular complexity index is 1760. The Morgan fingerprint density at radius 2 is 1.51 bits per heavy atom. The van der Waals surface area contributed by atoms with Crippen LogP contribution >= 0.6 is 0 Å². The van der Waals surface area contributed by atoms with E-state index >= 15 is 0 Å². The van der Waals surface area contributed by atoms with Crippen molar-refractivity contribution in [3.8, 4) is 57.3 Å². The first-order valence-corrected chi connectivity index (χ1v) is 13.1. The highest BCUT2D eigenvalue weighted by Gasteiger charge is 2.46. The van der Waals surface area contributed by atoms with Gasteiger partial charge in [0, 0.05) is 30.3 Å². The van der Waals surface area contributed by atoms with Gasteiger partial charge < -0.3 is 65.3 Å². The van der Waals surface area contributed by atoms with E-state index in [2.05, 4.69) is 0 Å². The quantitative estimate of drug-likeness (QED) is 0.0606. The number of aliphatic hydroxyl groups excluding tert-OH is 3. The topological polar surface area (TPSA) is 258 Å². The zero-order valence-corrected chi connectivity index (χ0v) is 22.9. The highest BCUT2D eigenvalue weighted by Crippen LogP contribution is 2.45. The summed E-state index contributed by atoms with van der Waals surface area (Å²) in [4.78, 5) is 12.3. The molecule has 5 atom stereocenters. The molecule has 15 heteroatoms. The van der Waals surface area contributed by atoms with E-state index in [0.29, 0.717) is 5.56 Å². The average Bonchev–Trinajstić information content (AvgIpc) is 2.99. The fourth-order valence-corrected chi connectivity index (χ4v) is 4.51. The van der Waals surface area contributed by atoms with Crippen molar-refractivity contribution in [2.75, 3.05) is 6.61 Å². The van der Waals surface area contributed by atoms with E-state index in [9.17, 15) is 55.9 Å². The van der Waals surface area contributed by atoms with Crippen molar-refractivity contribution in [1.29, 1.82) is 0 Å². The molecule has 15 nitrogen and oxygen atoms in total. The third kappa shape index (κ3) is 6.41. The highest BCUT2D eigenvalue weighted by molar-refractivity contribution is 5.89. The molecule has 1 aliphatic heterocycles. The molecule has 3 unspecified atom stereocenters. The van der Waals surface area contributed by atoms with E-state index < -0.39 is 72.0 Å². The van der Waals surface area contributed by atoms with E-state index in [-0.39, 0.29) is 39.5 Å². The number of fused-ring (bicyclic) bond motifs is 1. The second-order valence-electron chi connectivity index (χ2n) is 10.0. The Hall–Kier alpha value is -5.48. The van der Waals surface area contributed by atoms with E-state index in [4.69, 9.17) is 18.6 Å². The smallest absolute Gasteiger partial charge is 0.402 e. The molecule has 0 radical (unpaired) electrons. The van der Waals surface area contributed by atoms with Crippen molar-refractivity contribution in [1.82, 2.24) is 0 Å². The normalized spacial score (nSPS) is 21.6. The molecule has 236 valence electrons. The molecule has 0 spiro atoms. The van der Waals surface area contributed by atoms with Crippen molar-refractivity contribution < 1.29 is 74.5 Å². The first-order chi connectivity index (χ1) is 21.3. The van der Waals surface area contributed by atoms with E-state index in [1.807, 2.05) is 0 Å². The zero-order valence-electron chi connectivity index (χ0n) is 22.9. The zero-order chi connectivity index (χ0) is 32.6. The van der Waals surface area contributed by atoms with Gasteiger partial charge in [-0.25, -0.2) is 9.21 Å². The van der Waals surface area contributed by atoms with Crippen LogP contribution in [0.2, 0.25) is 0 Å². The van der Waals surface area contributed by atoms with E-state index in [1.54, 1.807) is 0 Å². The molecule has 3 aromatic carbocycles. The summed E-state index contributed by atoms with van der Waals surface area (Å²) < 4.78 is 22.3. The molecule has 0 amide bonds. The molecule has 1 aromatic heterocycles. The van der Waals surface area contributed by atoms with Crippen LogP contribution in [0.1, 0.15) is 5.56 Å². The van der Waals surface area contributed by atoms with Crippen LogP contribution in [-0.4, -0.2) is 94.3 Å². The summed E-state index contributed by atoms with van der Waals surface area (Å²) in [5.41, 5.74) is 0.201. The number of aliphatic hydroxyl groups is 3. The summed E-state index contributed by atoms with van der Waals surface area (Å²) in [6, 6.07) is 9.20. The van der Waals surface area contributed by atoms with Crippen LogP contribution in [0, 0.1) is 0 Å². The molecule has 4 aromatic rings. The van der Waals surface area contributed by atoms with Crippen molar-refractivity contribution in [3.05, 3.63) is 60.2 Å². The second-order valence-corrected chi connectivity index (χ2v) is 10.0. The third-order valence-electron chi connectivity index (χ3n) is 6.86. The monoisotopic (exact) mass is 627 g/mol. The van der Waals surface area contributed by atoms with Gasteiger partial charge in [0.05, 0.1) is 11.6 Å². The lowest BCUT2D eigenvalue weighted by molar-refractivity contribution is -0.278. The number of hydrogen-bond acceptors (Lipinski definition) is 14. The number of esters is 1. The number of phenols is 7. The standard InChI is InChI=1S/C30H26O15/c31-14-8-17(33)15-10-22(29(43-21(15)9-14)13-6-19(35)25(38)20(36)7-13)44-30-28(41)27(40)26(39)23(45-30)11-42-24(37)4-2-12-1-3-16(32)18(34)5-12/h1-10,23,26-28,30,39-41H,11H2,(H6-,31,32,33,34,35,36,37,38)/p+1/t23?,26-,27?,28?,30-/m1/s1. The average molecular weight is 628 g/mol. The van der Waals surface area contributed by atoms with Gasteiger partial charge in [0.1, 0.15) is 47.9 Å². The van der Waals surface area contributed by atoms with E-state index in [1.165, 1.54) is 30.3 Å². The molecule has 1 fully saturated rings. The summed E-state index contributed by atoms with van der Waals surface area (Å²) in [7, 11) is 0. The summed E-state index contributed by atoms with van der Waals surface area (Å²) >= 11 is 0. The van der Waals surface area contributed by atoms with E-state index in [0.717, 1.165) is 30.3 Å². The molecular weight excluding hydrogens is 600 g/mol. The number of carbonyl (C=O) groups is 1. The van der Waals surface area contributed by atoms with Crippen LogP contribution in [0.4, 0.5) is 0 Å². The number of phenolic OH excluding ortho intramolecular Hbond substituents is 7. The van der Waals surface area contributed by atoms with Gasteiger partial charge in [-0.05, 0) is 23.8 Å². The first-order valence-electron chi connectivity index (χ1n) is 13.1. The maximum absolute atomic E-state index is 12.3. The number of benzene rings is 3. The minimum atomic E-state index is -1.88. The number of carbonyl (C=O) groups excluding carboxylic acids is 1. The summed E-state index contributed by atoms with van der Waals surface area (Å²) in [5.74, 6) is -5.33. The predicted octanol–water partition coefficient (Wildman–Crippen LogP) is 1.76. The number of ether oxygens (including phenoxy) is 3. The molecule has 0 saturated carbocycles. The third-order valence-corrected chi connectivity index (χ3v) is 6.86. The van der Waals surface area contributed by atoms with Gasteiger partial charge in [-0.2, -0.15) is 0 Å². The van der Waals surface area contributed by atoms with Gasteiger partial charge in [0.15, 0.2) is 28.7 Å². The van der Waals surface area contributed by atoms with Crippen LogP contribution in [0.5, 0.6) is 46.0 Å². The van der Waals surface area contributed by atoms with Crippen LogP contribution in [0.25, 0.3) is 28.4 Å². The SMILES string of the molecule is O=C(/C=C/c1ccc(O)c(O)c1)OCC1O[C@@H](Oc2cc3c(O)cc(O)cc3[o+]c2-c2cc(O)c(O)c(O)c2)C(O)C(O)[C@@H]1O. The Kier molecular flexibility index (Phi) is 8.43. The summed E-state index contributed by atoms with van der Waals surface area (Å²) in [6.07, 6.45) is -6.41. The number of hydrogen-bond donors (Lipinski definition) is 10. The maximum atomic E-state index is 12.3. The van der Waals surface area contributed by atoms with Crippen LogP contribution in [0.15, 0.2) is 59.0 Å². The van der Waals surface area contributed by atoms with Crippen LogP contribution < -0.4 is 4.74 Å². The van der Waals surface area contributed by atoms with Crippen molar-refractivity contribution in [2.24, 2.45) is 0 Å². The lowest BCUT2D eigenvalue weighted by Crippen LogP contribution is -2.60. The predicted molar refractivity (Wildman–Crippen MR) is 151 cm³/mol. The van der Waals surface area contributed by atoms with Gasteiger partial charge in [-0.15, -0.1) is 0 Å². The molecule has 5 rings (SSSR count). The van der Waals surface area contributed by atoms with Gasteiger partial charge in [0.2, 0.25) is 12.0 Å². The van der Waals surface area contributed by atoms with Gasteiger partial charge in [0.25, 0.3) is 0 Å². The number of rotatable bonds is 7. The fourth-order valence-electron chi connectivity index (χ4n) is 4.51. The second kappa shape index (κ2) is 12.3. The molecule has 10 N–H and O–H groups in total. The largest absolute Gasteiger partial charge is 0.507 e. The number of aromatic hydroxyl groups is 7. The maximum Gasteiger partial charge on any atom is 0.402 e. The summed E-state index contributed by atoms with van der Waals surface area (Å²) in [5, 5.41) is 101. The van der Waals surface area contributed by atoms with Crippen molar-refractivity contribution in [2.45, 2.75) is 30.7 Å². The molecule has 1 aliphatic rings. The Morgan fingerprint density at radius 3 is 2.20 bits per heavy atom. The van der Waals surface area contributed by atoms with Crippen LogP contribution in [0.3, 0.4) is 0 Å². The molecule has 2 heterocycles. The fraction of sp³-hybridized carbons (Fsp3) is 0.200. The minimum Gasteiger partial charge on any atom is -0.507 e. The molecule has 0 bridgehead atoms. The molecule has 1 saturated heterocycles. The molecular formula is C30H27O15+. The Morgan fingerprint density at radius 1 is 0.800 bits per heavy atom. The lowest BCUT2D eigenvalue weighted by Gasteiger charge is -2.39. The van der Waals surface area contributed by atoms with Crippen molar-refractivity contribution in [3.63, 3.8) is 0 Å². The lowest BCUT2D eigenvalue weighted by atomic mass is 9.99. The molecule has 0 aliphatic carbocycles. The van der Waals surface area contributed by atoms with Gasteiger partial charge in [-0.1, -0.05) is 6.07 Å². The first kappa shape index (κ1) is 31.0. The van der Waals surface area contributed by atoms with Crippen molar-refractivity contribution >= 4 is 23.0 Å². The van der Waals surface area contributed by atoms with Gasteiger partial charge in [-0.3, -0.25) is 0 Å². The Labute approximate surface area is 252 Å². The van der Waals surface area contributed by atoms with Crippen LogP contribution in [-0.2, 0) is 14.3 Å². The summed E-state index contributed by atoms with van der Waals surface area (Å²) in [6.45, 7) is -0.621. The van der Waals surface area contributed by atoms with Gasteiger partial charge >= 0.3 is 17.3 Å². The highest BCUT2D eigenvalue weighted by atomic mass is 16.7. The Balaban J connectivity index is 1.41. The minimum absolute atomic E-state index is 0.00358. The molecule has 45 heavy (non-hydrogen) atoms.